The van der Waals surface area contributed by atoms with E-state index in [0.717, 1.165) is 32.6 Å². The lowest BCUT2D eigenvalue weighted by Crippen LogP contribution is -1.99. The summed E-state index contributed by atoms with van der Waals surface area (Å²) in [5.41, 5.74) is 7.83. The van der Waals surface area contributed by atoms with Crippen molar-refractivity contribution in [3.8, 4) is 22.1 Å². The number of nitrogens with zero attached hydrogens (tertiary/aromatic N) is 1. The van der Waals surface area contributed by atoms with Crippen LogP contribution in [0.25, 0.3) is 10.6 Å². The van der Waals surface area contributed by atoms with Crippen molar-refractivity contribution in [3.63, 3.8) is 0 Å². The molecule has 0 saturated heterocycles. The molecular weight excluding hydrogens is 272 g/mol. The average Bonchev–Trinajstić information content (AvgIpc) is 2.90. The largest absolute Gasteiger partial charge is 0.497 e. The molecule has 5 heteroatoms. The van der Waals surface area contributed by atoms with Crippen LogP contribution >= 0.6 is 11.3 Å². The second kappa shape index (κ2) is 6.24. The number of ether oxygens (including phenoxy) is 2. The van der Waals surface area contributed by atoms with Gasteiger partial charge >= 0.3 is 0 Å². The van der Waals surface area contributed by atoms with E-state index in [4.69, 9.17) is 20.2 Å². The molecule has 0 amide bonds. The van der Waals surface area contributed by atoms with Crippen molar-refractivity contribution in [2.75, 3.05) is 14.2 Å². The van der Waals surface area contributed by atoms with Crippen LogP contribution in [0.2, 0.25) is 0 Å². The normalized spacial score (nSPS) is 10.9. The zero-order chi connectivity index (χ0) is 14.7. The van der Waals surface area contributed by atoms with Crippen molar-refractivity contribution in [1.82, 2.24) is 4.98 Å². The van der Waals surface area contributed by atoms with Crippen LogP contribution in [-0.2, 0) is 6.54 Å². The predicted molar refractivity (Wildman–Crippen MR) is 82.6 cm³/mol. The molecule has 4 nitrogen and oxygen atoms in total. The van der Waals surface area contributed by atoms with Gasteiger partial charge in [0.2, 0.25) is 0 Å². The van der Waals surface area contributed by atoms with E-state index in [2.05, 4.69) is 13.8 Å². The summed E-state index contributed by atoms with van der Waals surface area (Å²) in [5.74, 6) is 1.94. The van der Waals surface area contributed by atoms with Crippen LogP contribution in [0.15, 0.2) is 18.2 Å². The van der Waals surface area contributed by atoms with Crippen LogP contribution in [-0.4, -0.2) is 19.2 Å². The van der Waals surface area contributed by atoms with Gasteiger partial charge in [0.15, 0.2) is 0 Å². The number of methoxy groups -OCH3 is 2. The summed E-state index contributed by atoms with van der Waals surface area (Å²) in [6, 6.07) is 5.72. The Labute approximate surface area is 123 Å². The Morgan fingerprint density at radius 3 is 2.50 bits per heavy atom. The SMILES string of the molecule is COc1ccc(OC)c(-c2nc(C(C)C)c(CN)s2)c1. The molecule has 0 saturated carbocycles. The van der Waals surface area contributed by atoms with Gasteiger partial charge in [0.25, 0.3) is 0 Å². The molecule has 108 valence electrons. The van der Waals surface area contributed by atoms with Gasteiger partial charge in [-0.1, -0.05) is 13.8 Å². The molecular formula is C15H20N2O2S. The molecule has 0 aliphatic heterocycles. The molecule has 1 aromatic carbocycles. The zero-order valence-corrected chi connectivity index (χ0v) is 13.1. The molecule has 0 atom stereocenters. The highest BCUT2D eigenvalue weighted by Crippen LogP contribution is 2.38. The number of rotatable bonds is 5. The third kappa shape index (κ3) is 2.78. The van der Waals surface area contributed by atoms with E-state index in [1.54, 1.807) is 25.6 Å². The van der Waals surface area contributed by atoms with Crippen LogP contribution in [0, 0.1) is 0 Å². The molecule has 2 N–H and O–H groups in total. The highest BCUT2D eigenvalue weighted by molar-refractivity contribution is 7.15. The first-order valence-corrected chi connectivity index (χ1v) is 7.34. The lowest BCUT2D eigenvalue weighted by atomic mass is 10.1. The monoisotopic (exact) mass is 292 g/mol. The first-order chi connectivity index (χ1) is 9.60. The van der Waals surface area contributed by atoms with Gasteiger partial charge in [0.05, 0.1) is 25.5 Å². The van der Waals surface area contributed by atoms with Crippen molar-refractivity contribution in [1.29, 1.82) is 0 Å². The number of hydrogen-bond donors (Lipinski definition) is 1. The van der Waals surface area contributed by atoms with Crippen LogP contribution in [0.5, 0.6) is 11.5 Å². The average molecular weight is 292 g/mol. The summed E-state index contributed by atoms with van der Waals surface area (Å²) in [6.45, 7) is 4.76. The molecule has 2 rings (SSSR count). The Hall–Kier alpha value is -1.59. The predicted octanol–water partition coefficient (Wildman–Crippen LogP) is 3.41. The van der Waals surface area contributed by atoms with Gasteiger partial charge < -0.3 is 15.2 Å². The Morgan fingerprint density at radius 1 is 1.25 bits per heavy atom. The van der Waals surface area contributed by atoms with Crippen molar-refractivity contribution in [3.05, 3.63) is 28.8 Å². The standard InChI is InChI=1S/C15H20N2O2S/c1-9(2)14-13(8-16)20-15(17-14)11-7-10(18-3)5-6-12(11)19-4/h5-7,9H,8,16H2,1-4H3. The lowest BCUT2D eigenvalue weighted by Gasteiger charge is -2.08. The van der Waals surface area contributed by atoms with Crippen LogP contribution in [0.1, 0.15) is 30.3 Å². The van der Waals surface area contributed by atoms with E-state index < -0.39 is 0 Å². The minimum Gasteiger partial charge on any atom is -0.497 e. The van der Waals surface area contributed by atoms with E-state index in [0.29, 0.717) is 12.5 Å². The van der Waals surface area contributed by atoms with Gasteiger partial charge in [-0.3, -0.25) is 0 Å². The fourth-order valence-electron chi connectivity index (χ4n) is 2.06. The number of aromatic nitrogens is 1. The molecule has 2 aromatic rings. The van der Waals surface area contributed by atoms with E-state index in [9.17, 15) is 0 Å². The van der Waals surface area contributed by atoms with Gasteiger partial charge in [0, 0.05) is 11.4 Å². The van der Waals surface area contributed by atoms with Crippen molar-refractivity contribution >= 4 is 11.3 Å². The molecule has 0 spiro atoms. The first-order valence-electron chi connectivity index (χ1n) is 6.52. The Balaban J connectivity index is 2.55. The third-order valence-corrected chi connectivity index (χ3v) is 4.22. The number of hydrogen-bond acceptors (Lipinski definition) is 5. The van der Waals surface area contributed by atoms with Crippen LogP contribution < -0.4 is 15.2 Å². The third-order valence-electron chi connectivity index (χ3n) is 3.10. The Morgan fingerprint density at radius 2 is 2.00 bits per heavy atom. The maximum absolute atomic E-state index is 5.82. The Kier molecular flexibility index (Phi) is 4.62. The second-order valence-corrected chi connectivity index (χ2v) is 5.84. The van der Waals surface area contributed by atoms with Gasteiger partial charge in [0.1, 0.15) is 16.5 Å². The highest BCUT2D eigenvalue weighted by atomic mass is 32.1. The number of thiazole rings is 1. The van der Waals surface area contributed by atoms with E-state index in [1.165, 1.54) is 0 Å². The molecule has 0 fully saturated rings. The summed E-state index contributed by atoms with van der Waals surface area (Å²) >= 11 is 1.62. The molecule has 0 bridgehead atoms. The zero-order valence-electron chi connectivity index (χ0n) is 12.3. The summed E-state index contributed by atoms with van der Waals surface area (Å²) < 4.78 is 10.7. The molecule has 20 heavy (non-hydrogen) atoms. The molecule has 0 aliphatic rings. The van der Waals surface area contributed by atoms with Crippen molar-refractivity contribution < 1.29 is 9.47 Å². The fourth-order valence-corrected chi connectivity index (χ4v) is 3.17. The van der Waals surface area contributed by atoms with Crippen LogP contribution in [0.3, 0.4) is 0 Å². The van der Waals surface area contributed by atoms with Crippen molar-refractivity contribution in [2.24, 2.45) is 5.73 Å². The molecule has 0 unspecified atom stereocenters. The summed E-state index contributed by atoms with van der Waals surface area (Å²) in [4.78, 5) is 5.86. The van der Waals surface area contributed by atoms with E-state index in [-0.39, 0.29) is 0 Å². The smallest absolute Gasteiger partial charge is 0.129 e. The highest BCUT2D eigenvalue weighted by Gasteiger charge is 2.17. The van der Waals surface area contributed by atoms with Gasteiger partial charge in [-0.05, 0) is 24.1 Å². The first kappa shape index (κ1) is 14.8. The maximum atomic E-state index is 5.82. The fraction of sp³-hybridized carbons (Fsp3) is 0.400. The lowest BCUT2D eigenvalue weighted by molar-refractivity contribution is 0.404. The summed E-state index contributed by atoms with van der Waals surface area (Å²) in [6.07, 6.45) is 0. The second-order valence-electron chi connectivity index (χ2n) is 4.75. The quantitative estimate of drug-likeness (QED) is 0.917. The molecule has 1 heterocycles. The number of benzene rings is 1. The summed E-state index contributed by atoms with van der Waals surface area (Å²) in [5, 5.41) is 0.921. The van der Waals surface area contributed by atoms with E-state index in [1.807, 2.05) is 18.2 Å². The minimum absolute atomic E-state index is 0.357. The van der Waals surface area contributed by atoms with Gasteiger partial charge in [-0.25, -0.2) is 4.98 Å². The van der Waals surface area contributed by atoms with E-state index >= 15 is 0 Å². The molecule has 0 aliphatic carbocycles. The number of nitrogens with two attached hydrogens (primary N) is 1. The maximum Gasteiger partial charge on any atom is 0.129 e. The molecule has 0 radical (unpaired) electrons. The van der Waals surface area contributed by atoms with Crippen LogP contribution in [0.4, 0.5) is 0 Å². The van der Waals surface area contributed by atoms with Gasteiger partial charge in [-0.2, -0.15) is 0 Å². The minimum atomic E-state index is 0.357. The molecule has 1 aromatic heterocycles. The van der Waals surface area contributed by atoms with Crippen molar-refractivity contribution in [2.45, 2.75) is 26.3 Å². The van der Waals surface area contributed by atoms with Gasteiger partial charge in [-0.15, -0.1) is 11.3 Å². The summed E-state index contributed by atoms with van der Waals surface area (Å²) in [7, 11) is 3.31. The topological polar surface area (TPSA) is 57.4 Å². The Bertz CT molecular complexity index is 594.